The molecule has 0 bridgehead atoms. The lowest BCUT2D eigenvalue weighted by molar-refractivity contribution is 0.0986. The van der Waals surface area contributed by atoms with Gasteiger partial charge in [-0.1, -0.05) is 59.1 Å². The van der Waals surface area contributed by atoms with Crippen LogP contribution < -0.4 is 11.5 Å². The van der Waals surface area contributed by atoms with Crippen molar-refractivity contribution in [3.63, 3.8) is 0 Å². The van der Waals surface area contributed by atoms with Crippen molar-refractivity contribution in [1.82, 2.24) is 0 Å². The Morgan fingerprint density at radius 3 is 2.20 bits per heavy atom. The third-order valence-electron chi connectivity index (χ3n) is 5.27. The number of nitrogens with two attached hydrogens (primary N) is 2. The van der Waals surface area contributed by atoms with Crippen LogP contribution in [0.4, 0.5) is 0 Å². The Morgan fingerprint density at radius 1 is 1.10 bits per heavy atom. The molecule has 20 heavy (non-hydrogen) atoms. The molecule has 0 heterocycles. The molecule has 0 amide bonds. The molecule has 118 valence electrons. The Labute approximate surface area is 126 Å². The van der Waals surface area contributed by atoms with Gasteiger partial charge in [0.25, 0.3) is 0 Å². The van der Waals surface area contributed by atoms with Crippen LogP contribution >= 0.6 is 0 Å². The maximum Gasteiger partial charge on any atom is 0.0381 e. The Hall–Kier alpha value is -0.340. The van der Waals surface area contributed by atoms with Gasteiger partial charge in [-0.2, -0.15) is 0 Å². The van der Waals surface area contributed by atoms with Crippen LogP contribution in [0.15, 0.2) is 12.2 Å². The quantitative estimate of drug-likeness (QED) is 0.545. The SMILES string of the molecule is CCCC/C=C/[C@@H](N)[C@H](N)C1C(C)CC(CC)C[C@@H]1C. The van der Waals surface area contributed by atoms with Gasteiger partial charge in [0.15, 0.2) is 0 Å². The Kier molecular flexibility index (Phi) is 7.83. The van der Waals surface area contributed by atoms with E-state index in [1.54, 1.807) is 0 Å². The molecule has 0 aromatic carbocycles. The third-order valence-corrected chi connectivity index (χ3v) is 5.27. The zero-order valence-electron chi connectivity index (χ0n) is 14.0. The van der Waals surface area contributed by atoms with Crippen LogP contribution in [0.1, 0.15) is 66.2 Å². The highest BCUT2D eigenvalue weighted by atomic mass is 14.8. The predicted octanol–water partition coefficient (Wildman–Crippen LogP) is 4.10. The molecule has 1 rings (SSSR count). The first-order valence-corrected chi connectivity index (χ1v) is 8.69. The van der Waals surface area contributed by atoms with Gasteiger partial charge in [-0.3, -0.25) is 0 Å². The Morgan fingerprint density at radius 2 is 1.70 bits per heavy atom. The predicted molar refractivity (Wildman–Crippen MR) is 89.4 cm³/mol. The number of allylic oxidation sites excluding steroid dienone is 1. The maximum absolute atomic E-state index is 6.50. The topological polar surface area (TPSA) is 52.0 Å². The first-order chi connectivity index (χ1) is 9.51. The zero-order chi connectivity index (χ0) is 15.1. The first kappa shape index (κ1) is 17.7. The van der Waals surface area contributed by atoms with E-state index >= 15 is 0 Å². The summed E-state index contributed by atoms with van der Waals surface area (Å²) in [5.74, 6) is 2.87. The van der Waals surface area contributed by atoms with Crippen LogP contribution in [0.3, 0.4) is 0 Å². The van der Waals surface area contributed by atoms with Crippen molar-refractivity contribution in [2.45, 2.75) is 78.3 Å². The molecule has 2 nitrogen and oxygen atoms in total. The van der Waals surface area contributed by atoms with E-state index < -0.39 is 0 Å². The van der Waals surface area contributed by atoms with Gasteiger partial charge in [0.05, 0.1) is 0 Å². The summed E-state index contributed by atoms with van der Waals surface area (Å²) in [6.45, 7) is 9.27. The Balaban J connectivity index is 2.56. The van der Waals surface area contributed by atoms with Gasteiger partial charge in [-0.15, -0.1) is 0 Å². The summed E-state index contributed by atoms with van der Waals surface area (Å²) in [6.07, 6.45) is 11.9. The minimum atomic E-state index is 0.0138. The van der Waals surface area contributed by atoms with E-state index in [-0.39, 0.29) is 12.1 Å². The molecule has 0 spiro atoms. The fourth-order valence-electron chi connectivity index (χ4n) is 4.08. The number of unbranched alkanes of at least 4 members (excludes halogenated alkanes) is 2. The van der Waals surface area contributed by atoms with Gasteiger partial charge in [-0.25, -0.2) is 0 Å². The van der Waals surface area contributed by atoms with Crippen molar-refractivity contribution < 1.29 is 0 Å². The number of rotatable bonds is 7. The normalized spacial score (nSPS) is 34.3. The fourth-order valence-corrected chi connectivity index (χ4v) is 4.08. The number of hydrogen-bond donors (Lipinski definition) is 2. The van der Waals surface area contributed by atoms with Crippen molar-refractivity contribution in [2.24, 2.45) is 35.1 Å². The van der Waals surface area contributed by atoms with E-state index in [1.165, 1.54) is 32.1 Å². The molecule has 0 aliphatic heterocycles. The van der Waals surface area contributed by atoms with Crippen molar-refractivity contribution in [2.75, 3.05) is 0 Å². The zero-order valence-corrected chi connectivity index (χ0v) is 14.0. The lowest BCUT2D eigenvalue weighted by atomic mass is 9.65. The van der Waals surface area contributed by atoms with Crippen molar-refractivity contribution in [3.8, 4) is 0 Å². The smallest absolute Gasteiger partial charge is 0.0381 e. The number of hydrogen-bond acceptors (Lipinski definition) is 2. The molecule has 1 saturated carbocycles. The van der Waals surface area contributed by atoms with Gasteiger partial charge in [-0.05, 0) is 42.9 Å². The van der Waals surface area contributed by atoms with Crippen molar-refractivity contribution in [3.05, 3.63) is 12.2 Å². The summed E-state index contributed by atoms with van der Waals surface area (Å²) in [5.41, 5.74) is 12.8. The summed E-state index contributed by atoms with van der Waals surface area (Å²) in [7, 11) is 0. The molecule has 3 unspecified atom stereocenters. The molecule has 0 aromatic heterocycles. The molecule has 4 N–H and O–H groups in total. The van der Waals surface area contributed by atoms with Crippen LogP contribution in [-0.2, 0) is 0 Å². The molecule has 1 fully saturated rings. The highest BCUT2D eigenvalue weighted by Gasteiger charge is 2.37. The second kappa shape index (κ2) is 8.84. The molecule has 0 aromatic rings. The molecule has 1 aliphatic carbocycles. The summed E-state index contributed by atoms with van der Waals surface area (Å²) < 4.78 is 0. The van der Waals surface area contributed by atoms with Crippen molar-refractivity contribution >= 4 is 0 Å². The lowest BCUT2D eigenvalue weighted by Gasteiger charge is -2.43. The monoisotopic (exact) mass is 280 g/mol. The molecule has 0 radical (unpaired) electrons. The molecule has 1 aliphatic rings. The second-order valence-corrected chi connectivity index (χ2v) is 7.00. The lowest BCUT2D eigenvalue weighted by Crippen LogP contribution is -2.51. The average molecular weight is 280 g/mol. The van der Waals surface area contributed by atoms with E-state index in [2.05, 4.69) is 39.8 Å². The standard InChI is InChI=1S/C18H36N2/c1-5-7-8-9-10-16(19)18(20)17-13(3)11-15(6-2)12-14(17)4/h9-10,13-18H,5-8,11-12,19-20H2,1-4H3/b10-9+/t13-,14?,15?,16+,17?,18-/m0/s1. The van der Waals surface area contributed by atoms with Crippen LogP contribution in [0.25, 0.3) is 0 Å². The Bertz CT molecular complexity index is 275. The molecule has 2 heteroatoms. The highest BCUT2D eigenvalue weighted by molar-refractivity contribution is 5.01. The third kappa shape index (κ3) is 4.89. The molecular weight excluding hydrogens is 244 g/mol. The van der Waals surface area contributed by atoms with Crippen LogP contribution in [-0.4, -0.2) is 12.1 Å². The van der Waals surface area contributed by atoms with Gasteiger partial charge in [0.2, 0.25) is 0 Å². The van der Waals surface area contributed by atoms with E-state index in [4.69, 9.17) is 11.5 Å². The minimum absolute atomic E-state index is 0.0138. The van der Waals surface area contributed by atoms with Crippen LogP contribution in [0.5, 0.6) is 0 Å². The first-order valence-electron chi connectivity index (χ1n) is 8.69. The van der Waals surface area contributed by atoms with E-state index in [9.17, 15) is 0 Å². The summed E-state index contributed by atoms with van der Waals surface area (Å²) in [4.78, 5) is 0. The summed E-state index contributed by atoms with van der Waals surface area (Å²) in [6, 6.07) is 0.121. The largest absolute Gasteiger partial charge is 0.326 e. The van der Waals surface area contributed by atoms with E-state index in [0.717, 1.165) is 12.3 Å². The van der Waals surface area contributed by atoms with Crippen LogP contribution in [0.2, 0.25) is 0 Å². The van der Waals surface area contributed by atoms with Gasteiger partial charge in [0.1, 0.15) is 0 Å². The van der Waals surface area contributed by atoms with Gasteiger partial charge >= 0.3 is 0 Å². The maximum atomic E-state index is 6.50. The average Bonchev–Trinajstić information content (AvgIpc) is 2.42. The van der Waals surface area contributed by atoms with E-state index in [1.807, 2.05) is 0 Å². The summed E-state index contributed by atoms with van der Waals surface area (Å²) >= 11 is 0. The van der Waals surface area contributed by atoms with Crippen molar-refractivity contribution in [1.29, 1.82) is 0 Å². The molecular formula is C18H36N2. The van der Waals surface area contributed by atoms with Crippen LogP contribution in [0, 0.1) is 23.7 Å². The second-order valence-electron chi connectivity index (χ2n) is 7.00. The van der Waals surface area contributed by atoms with E-state index in [0.29, 0.717) is 17.8 Å². The molecule has 6 atom stereocenters. The molecule has 0 saturated heterocycles. The minimum Gasteiger partial charge on any atom is -0.326 e. The fraction of sp³-hybridized carbons (Fsp3) is 0.889. The van der Waals surface area contributed by atoms with Gasteiger partial charge < -0.3 is 11.5 Å². The summed E-state index contributed by atoms with van der Waals surface area (Å²) in [5, 5.41) is 0. The highest BCUT2D eigenvalue weighted by Crippen LogP contribution is 2.40. The van der Waals surface area contributed by atoms with Gasteiger partial charge in [0, 0.05) is 12.1 Å².